The first-order chi connectivity index (χ1) is 11.6. The number of amides is 1. The van der Waals surface area contributed by atoms with Crippen LogP contribution < -0.4 is 10.2 Å². The maximum absolute atomic E-state index is 12.7. The monoisotopic (exact) mass is 322 g/mol. The number of Topliss-reactive ketones (excluding diaryl/α,β-unsaturated/α-hetero) is 1. The molecule has 1 amide bonds. The van der Waals surface area contributed by atoms with Crippen LogP contribution in [0.15, 0.2) is 48.5 Å². The summed E-state index contributed by atoms with van der Waals surface area (Å²) in [5.41, 5.74) is 3.69. The Bertz CT molecular complexity index is 770. The molecule has 4 heteroatoms. The van der Waals surface area contributed by atoms with Gasteiger partial charge in [0, 0.05) is 23.5 Å². The average molecular weight is 322 g/mol. The number of nitrogens with one attached hydrogen (secondary N) is 1. The Morgan fingerprint density at radius 2 is 1.92 bits per heavy atom. The van der Waals surface area contributed by atoms with Crippen LogP contribution in [0.5, 0.6) is 0 Å². The van der Waals surface area contributed by atoms with Gasteiger partial charge in [-0.15, -0.1) is 0 Å². The van der Waals surface area contributed by atoms with E-state index in [1.165, 1.54) is 12.5 Å². The van der Waals surface area contributed by atoms with E-state index in [-0.39, 0.29) is 17.7 Å². The van der Waals surface area contributed by atoms with E-state index in [4.69, 9.17) is 0 Å². The van der Waals surface area contributed by atoms with Crippen molar-refractivity contribution in [2.75, 3.05) is 16.8 Å². The van der Waals surface area contributed by atoms with Crippen molar-refractivity contribution < 1.29 is 9.59 Å². The van der Waals surface area contributed by atoms with Gasteiger partial charge in [0.05, 0.1) is 0 Å². The highest BCUT2D eigenvalue weighted by Crippen LogP contribution is 2.28. The maximum atomic E-state index is 12.7. The fraction of sp³-hybridized carbons (Fsp3) is 0.300. The molecule has 24 heavy (non-hydrogen) atoms. The standard InChI is InChI=1S/C20H22N2O2/c1-14(22-12-6-9-16-7-3-4-11-19(16)22)20(24)21-18-10-5-8-17(13-18)15(2)23/h3-5,7-8,10-11,13-14H,6,9,12H2,1-2H3,(H,21,24)/t14-/m0/s1. The van der Waals surface area contributed by atoms with Crippen LogP contribution in [-0.2, 0) is 11.2 Å². The molecule has 4 nitrogen and oxygen atoms in total. The van der Waals surface area contributed by atoms with E-state index in [1.807, 2.05) is 19.1 Å². The second-order valence-corrected chi connectivity index (χ2v) is 6.23. The number of rotatable bonds is 4. The van der Waals surface area contributed by atoms with E-state index >= 15 is 0 Å². The number of ketones is 1. The molecule has 0 unspecified atom stereocenters. The van der Waals surface area contributed by atoms with Crippen molar-refractivity contribution in [2.24, 2.45) is 0 Å². The Hall–Kier alpha value is -2.62. The number of carbonyl (C=O) groups excluding carboxylic acids is 2. The van der Waals surface area contributed by atoms with Gasteiger partial charge in [0.2, 0.25) is 5.91 Å². The Morgan fingerprint density at radius 3 is 2.71 bits per heavy atom. The molecule has 1 aliphatic heterocycles. The fourth-order valence-corrected chi connectivity index (χ4v) is 3.17. The quantitative estimate of drug-likeness (QED) is 0.874. The maximum Gasteiger partial charge on any atom is 0.246 e. The zero-order chi connectivity index (χ0) is 17.1. The summed E-state index contributed by atoms with van der Waals surface area (Å²) in [5.74, 6) is -0.0727. The summed E-state index contributed by atoms with van der Waals surface area (Å²) in [4.78, 5) is 26.3. The molecule has 1 aliphatic rings. The predicted octanol–water partition coefficient (Wildman–Crippen LogP) is 3.67. The van der Waals surface area contributed by atoms with Crippen molar-refractivity contribution in [2.45, 2.75) is 32.7 Å². The third kappa shape index (κ3) is 3.32. The number of hydrogen-bond donors (Lipinski definition) is 1. The lowest BCUT2D eigenvalue weighted by Crippen LogP contribution is -2.44. The molecule has 2 aromatic rings. The van der Waals surface area contributed by atoms with E-state index in [1.54, 1.807) is 24.3 Å². The molecule has 0 saturated carbocycles. The minimum absolute atomic E-state index is 0.0101. The van der Waals surface area contributed by atoms with Crippen LogP contribution >= 0.6 is 0 Å². The SMILES string of the molecule is CC(=O)c1cccc(NC(=O)[C@H](C)N2CCCc3ccccc32)c1. The van der Waals surface area contributed by atoms with E-state index < -0.39 is 0 Å². The van der Waals surface area contributed by atoms with Crippen LogP contribution in [0.25, 0.3) is 0 Å². The lowest BCUT2D eigenvalue weighted by molar-refractivity contribution is -0.117. The third-order valence-electron chi connectivity index (χ3n) is 4.53. The van der Waals surface area contributed by atoms with Crippen LogP contribution in [0.4, 0.5) is 11.4 Å². The van der Waals surface area contributed by atoms with Gasteiger partial charge in [0.1, 0.15) is 6.04 Å². The van der Waals surface area contributed by atoms with Crippen molar-refractivity contribution in [3.63, 3.8) is 0 Å². The minimum atomic E-state index is -0.271. The van der Waals surface area contributed by atoms with E-state index in [0.717, 1.165) is 25.1 Å². The molecule has 124 valence electrons. The van der Waals surface area contributed by atoms with Gasteiger partial charge in [0.15, 0.2) is 5.78 Å². The molecule has 2 aromatic carbocycles. The molecule has 1 heterocycles. The fourth-order valence-electron chi connectivity index (χ4n) is 3.17. The van der Waals surface area contributed by atoms with Gasteiger partial charge in [0.25, 0.3) is 0 Å². The van der Waals surface area contributed by atoms with Crippen molar-refractivity contribution in [1.82, 2.24) is 0 Å². The normalized spacial score (nSPS) is 14.7. The summed E-state index contributed by atoms with van der Waals surface area (Å²) in [6.07, 6.45) is 2.11. The summed E-state index contributed by atoms with van der Waals surface area (Å²) < 4.78 is 0. The van der Waals surface area contributed by atoms with Gasteiger partial charge in [-0.2, -0.15) is 0 Å². The largest absolute Gasteiger partial charge is 0.360 e. The summed E-state index contributed by atoms with van der Waals surface area (Å²) in [7, 11) is 0. The summed E-state index contributed by atoms with van der Waals surface area (Å²) in [5, 5.41) is 2.93. The Balaban J connectivity index is 1.76. The van der Waals surface area contributed by atoms with Gasteiger partial charge >= 0.3 is 0 Å². The number of para-hydroxylation sites is 1. The van der Waals surface area contributed by atoms with Crippen LogP contribution in [0.1, 0.15) is 36.2 Å². The van der Waals surface area contributed by atoms with Gasteiger partial charge in [-0.25, -0.2) is 0 Å². The molecule has 1 N–H and O–H groups in total. The van der Waals surface area contributed by atoms with E-state index in [0.29, 0.717) is 11.3 Å². The van der Waals surface area contributed by atoms with Crippen LogP contribution in [0.3, 0.4) is 0 Å². The number of hydrogen-bond acceptors (Lipinski definition) is 3. The van der Waals surface area contributed by atoms with Gasteiger partial charge < -0.3 is 10.2 Å². The molecule has 0 spiro atoms. The van der Waals surface area contributed by atoms with Gasteiger partial charge in [-0.3, -0.25) is 9.59 Å². The Morgan fingerprint density at radius 1 is 1.12 bits per heavy atom. The molecular formula is C20H22N2O2. The van der Waals surface area contributed by atoms with Crippen molar-refractivity contribution in [3.05, 3.63) is 59.7 Å². The molecular weight excluding hydrogens is 300 g/mol. The number of fused-ring (bicyclic) bond motifs is 1. The molecule has 0 aromatic heterocycles. The van der Waals surface area contributed by atoms with Gasteiger partial charge in [-0.05, 0) is 50.5 Å². The number of anilines is 2. The Kier molecular flexibility index (Phi) is 4.65. The zero-order valence-electron chi connectivity index (χ0n) is 14.1. The predicted molar refractivity (Wildman–Crippen MR) is 96.6 cm³/mol. The Labute approximate surface area is 142 Å². The summed E-state index contributed by atoms with van der Waals surface area (Å²) in [6, 6.07) is 15.1. The highest BCUT2D eigenvalue weighted by Gasteiger charge is 2.25. The van der Waals surface area contributed by atoms with Crippen LogP contribution in [0.2, 0.25) is 0 Å². The summed E-state index contributed by atoms with van der Waals surface area (Å²) in [6.45, 7) is 4.32. The first-order valence-corrected chi connectivity index (χ1v) is 8.32. The van der Waals surface area contributed by atoms with Crippen molar-refractivity contribution >= 4 is 23.1 Å². The smallest absolute Gasteiger partial charge is 0.246 e. The second-order valence-electron chi connectivity index (χ2n) is 6.23. The second kappa shape index (κ2) is 6.87. The highest BCUT2D eigenvalue weighted by atomic mass is 16.2. The van der Waals surface area contributed by atoms with Crippen LogP contribution in [0, 0.1) is 0 Å². The number of aryl methyl sites for hydroxylation is 1. The first kappa shape index (κ1) is 16.2. The average Bonchev–Trinajstić information content (AvgIpc) is 2.60. The lowest BCUT2D eigenvalue weighted by atomic mass is 10.00. The highest BCUT2D eigenvalue weighted by molar-refractivity contribution is 5.99. The van der Waals surface area contributed by atoms with E-state index in [9.17, 15) is 9.59 Å². The number of carbonyl (C=O) groups is 2. The molecule has 0 fully saturated rings. The molecule has 3 rings (SSSR count). The number of benzene rings is 2. The van der Waals surface area contributed by atoms with Crippen molar-refractivity contribution in [3.8, 4) is 0 Å². The van der Waals surface area contributed by atoms with Gasteiger partial charge in [-0.1, -0.05) is 30.3 Å². The molecule has 1 atom stereocenters. The topological polar surface area (TPSA) is 49.4 Å². The summed E-state index contributed by atoms with van der Waals surface area (Å²) >= 11 is 0. The molecule has 0 aliphatic carbocycles. The number of nitrogens with zero attached hydrogens (tertiary/aromatic N) is 1. The minimum Gasteiger partial charge on any atom is -0.360 e. The molecule has 0 saturated heterocycles. The molecule has 0 radical (unpaired) electrons. The van der Waals surface area contributed by atoms with Crippen molar-refractivity contribution in [1.29, 1.82) is 0 Å². The van der Waals surface area contributed by atoms with E-state index in [2.05, 4.69) is 22.3 Å². The first-order valence-electron chi connectivity index (χ1n) is 8.32. The zero-order valence-corrected chi connectivity index (χ0v) is 14.1. The lowest BCUT2D eigenvalue weighted by Gasteiger charge is -2.35. The third-order valence-corrected chi connectivity index (χ3v) is 4.53. The molecule has 0 bridgehead atoms. The van der Waals surface area contributed by atoms with Crippen LogP contribution in [-0.4, -0.2) is 24.3 Å².